The Labute approximate surface area is 123 Å². The molecule has 21 heavy (non-hydrogen) atoms. The molecule has 0 amide bonds. The molecule has 0 saturated carbocycles. The summed E-state index contributed by atoms with van der Waals surface area (Å²) >= 11 is 0. The first-order valence-electron chi connectivity index (χ1n) is 6.65. The summed E-state index contributed by atoms with van der Waals surface area (Å²) in [5.74, 6) is 0.764. The van der Waals surface area contributed by atoms with E-state index in [1.807, 2.05) is 24.3 Å². The van der Waals surface area contributed by atoms with Crippen LogP contribution in [0.15, 0.2) is 48.5 Å². The van der Waals surface area contributed by atoms with E-state index < -0.39 is 0 Å². The molecule has 1 unspecified atom stereocenters. The second-order valence-electron chi connectivity index (χ2n) is 4.55. The predicted molar refractivity (Wildman–Crippen MR) is 77.9 cm³/mol. The maximum Gasteiger partial charge on any atom is 0.123 e. The van der Waals surface area contributed by atoms with Gasteiger partial charge in [0.2, 0.25) is 0 Å². The number of benzene rings is 2. The van der Waals surface area contributed by atoms with Crippen molar-refractivity contribution < 1.29 is 13.9 Å². The highest BCUT2D eigenvalue weighted by Gasteiger charge is 2.11. The summed E-state index contributed by atoms with van der Waals surface area (Å²) < 4.78 is 23.5. The van der Waals surface area contributed by atoms with Crippen LogP contribution in [0.25, 0.3) is 0 Å². The van der Waals surface area contributed by atoms with Gasteiger partial charge in [0.15, 0.2) is 0 Å². The summed E-state index contributed by atoms with van der Waals surface area (Å²) in [6.45, 7) is 0.390. The SMILES string of the molecule is COc1cccc(C(C#N)CCOc2ccc(F)cc2)c1. The van der Waals surface area contributed by atoms with Crippen LogP contribution in [0.4, 0.5) is 4.39 Å². The molecule has 2 rings (SSSR count). The molecule has 0 N–H and O–H groups in total. The molecule has 0 aromatic heterocycles. The molecule has 108 valence electrons. The van der Waals surface area contributed by atoms with Crippen LogP contribution < -0.4 is 9.47 Å². The number of ether oxygens (including phenoxy) is 2. The van der Waals surface area contributed by atoms with Gasteiger partial charge in [0.25, 0.3) is 0 Å². The Bertz CT molecular complexity index is 619. The molecule has 0 aliphatic carbocycles. The largest absolute Gasteiger partial charge is 0.497 e. The van der Waals surface area contributed by atoms with Crippen LogP contribution in [0.2, 0.25) is 0 Å². The standard InChI is InChI=1S/C17H16FNO2/c1-20-17-4-2-3-13(11-17)14(12-19)9-10-21-16-7-5-15(18)6-8-16/h2-8,11,14H,9-10H2,1H3. The van der Waals surface area contributed by atoms with Gasteiger partial charge in [0.05, 0.1) is 25.7 Å². The van der Waals surface area contributed by atoms with E-state index in [0.29, 0.717) is 18.8 Å². The number of nitrogens with zero attached hydrogens (tertiary/aromatic N) is 1. The van der Waals surface area contributed by atoms with Crippen molar-refractivity contribution in [2.45, 2.75) is 12.3 Å². The first-order valence-corrected chi connectivity index (χ1v) is 6.65. The predicted octanol–water partition coefficient (Wildman–Crippen LogP) is 3.91. The summed E-state index contributed by atoms with van der Waals surface area (Å²) in [5.41, 5.74) is 0.902. The monoisotopic (exact) mass is 285 g/mol. The molecule has 2 aromatic carbocycles. The fourth-order valence-corrected chi connectivity index (χ4v) is 1.99. The quantitative estimate of drug-likeness (QED) is 0.808. The van der Waals surface area contributed by atoms with Gasteiger partial charge in [0, 0.05) is 6.42 Å². The third kappa shape index (κ3) is 4.22. The third-order valence-electron chi connectivity index (χ3n) is 3.14. The zero-order valence-electron chi connectivity index (χ0n) is 11.8. The van der Waals surface area contributed by atoms with Gasteiger partial charge >= 0.3 is 0 Å². The Morgan fingerprint density at radius 3 is 2.57 bits per heavy atom. The second kappa shape index (κ2) is 7.30. The van der Waals surface area contributed by atoms with Crippen molar-refractivity contribution in [1.29, 1.82) is 5.26 Å². The molecule has 1 atom stereocenters. The topological polar surface area (TPSA) is 42.2 Å². The van der Waals surface area contributed by atoms with Crippen LogP contribution in [0, 0.1) is 17.1 Å². The number of methoxy groups -OCH3 is 1. The Morgan fingerprint density at radius 1 is 1.14 bits per heavy atom. The van der Waals surface area contributed by atoms with Gasteiger partial charge in [-0.1, -0.05) is 12.1 Å². The lowest BCUT2D eigenvalue weighted by Crippen LogP contribution is -2.04. The van der Waals surface area contributed by atoms with Gasteiger partial charge in [0.1, 0.15) is 17.3 Å². The van der Waals surface area contributed by atoms with Crippen molar-refractivity contribution in [3.05, 3.63) is 59.9 Å². The lowest BCUT2D eigenvalue weighted by atomic mass is 9.97. The minimum absolute atomic E-state index is 0.263. The van der Waals surface area contributed by atoms with Gasteiger partial charge in [-0.15, -0.1) is 0 Å². The molecule has 4 heteroatoms. The number of halogens is 1. The summed E-state index contributed by atoms with van der Waals surface area (Å²) in [7, 11) is 1.60. The molecule has 3 nitrogen and oxygen atoms in total. The molecular weight excluding hydrogens is 269 g/mol. The lowest BCUT2D eigenvalue weighted by molar-refractivity contribution is 0.305. The van der Waals surface area contributed by atoms with Gasteiger partial charge in [-0.05, 0) is 42.0 Å². The number of rotatable bonds is 6. The van der Waals surface area contributed by atoms with Gasteiger partial charge in [-0.25, -0.2) is 4.39 Å². The lowest BCUT2D eigenvalue weighted by Gasteiger charge is -2.12. The highest BCUT2D eigenvalue weighted by Crippen LogP contribution is 2.23. The minimum atomic E-state index is -0.298. The molecule has 0 spiro atoms. The average Bonchev–Trinajstić information content (AvgIpc) is 2.53. The Morgan fingerprint density at radius 2 is 1.90 bits per heavy atom. The summed E-state index contributed by atoms with van der Waals surface area (Å²) in [6.07, 6.45) is 0.557. The first kappa shape index (κ1) is 14.9. The molecule has 0 bridgehead atoms. The Balaban J connectivity index is 1.93. The minimum Gasteiger partial charge on any atom is -0.497 e. The second-order valence-corrected chi connectivity index (χ2v) is 4.55. The van der Waals surface area contributed by atoms with Gasteiger partial charge in [-0.2, -0.15) is 5.26 Å². The van der Waals surface area contributed by atoms with Crippen molar-refractivity contribution in [3.8, 4) is 17.6 Å². The van der Waals surface area contributed by atoms with Crippen LogP contribution in [0.5, 0.6) is 11.5 Å². The maximum absolute atomic E-state index is 12.8. The van der Waals surface area contributed by atoms with Crippen molar-refractivity contribution in [2.24, 2.45) is 0 Å². The van der Waals surface area contributed by atoms with Crippen molar-refractivity contribution in [1.82, 2.24) is 0 Å². The van der Waals surface area contributed by atoms with Gasteiger partial charge < -0.3 is 9.47 Å². The highest BCUT2D eigenvalue weighted by molar-refractivity contribution is 5.33. The van der Waals surface area contributed by atoms with Crippen LogP contribution in [0.1, 0.15) is 17.9 Å². The van der Waals surface area contributed by atoms with Crippen molar-refractivity contribution >= 4 is 0 Å². The van der Waals surface area contributed by atoms with E-state index in [1.165, 1.54) is 12.1 Å². The Kier molecular flexibility index (Phi) is 5.16. The van der Waals surface area contributed by atoms with E-state index in [4.69, 9.17) is 9.47 Å². The van der Waals surface area contributed by atoms with Crippen LogP contribution in [0.3, 0.4) is 0 Å². The molecule has 0 fully saturated rings. The van der Waals surface area contributed by atoms with E-state index in [9.17, 15) is 9.65 Å². The van der Waals surface area contributed by atoms with Crippen LogP contribution in [-0.4, -0.2) is 13.7 Å². The average molecular weight is 285 g/mol. The van der Waals surface area contributed by atoms with E-state index in [2.05, 4.69) is 6.07 Å². The molecule has 0 aliphatic rings. The van der Waals surface area contributed by atoms with Crippen molar-refractivity contribution in [2.75, 3.05) is 13.7 Å². The maximum atomic E-state index is 12.8. The van der Waals surface area contributed by atoms with Gasteiger partial charge in [-0.3, -0.25) is 0 Å². The number of hydrogen-bond acceptors (Lipinski definition) is 3. The van der Waals surface area contributed by atoms with Crippen LogP contribution in [-0.2, 0) is 0 Å². The smallest absolute Gasteiger partial charge is 0.123 e. The Hall–Kier alpha value is -2.54. The van der Waals surface area contributed by atoms with Crippen molar-refractivity contribution in [3.63, 3.8) is 0 Å². The summed E-state index contributed by atoms with van der Waals surface area (Å²) in [5, 5.41) is 9.28. The van der Waals surface area contributed by atoms with E-state index in [-0.39, 0.29) is 11.7 Å². The fourth-order valence-electron chi connectivity index (χ4n) is 1.99. The highest BCUT2D eigenvalue weighted by atomic mass is 19.1. The fraction of sp³-hybridized carbons (Fsp3) is 0.235. The first-order chi connectivity index (χ1) is 10.2. The summed E-state index contributed by atoms with van der Waals surface area (Å²) in [4.78, 5) is 0. The normalized spacial score (nSPS) is 11.5. The zero-order chi connectivity index (χ0) is 15.1. The third-order valence-corrected chi connectivity index (χ3v) is 3.14. The number of hydrogen-bond donors (Lipinski definition) is 0. The molecule has 0 aliphatic heterocycles. The molecule has 0 heterocycles. The van der Waals surface area contributed by atoms with Crippen LogP contribution >= 0.6 is 0 Å². The summed E-state index contributed by atoms with van der Waals surface area (Å²) in [6, 6.07) is 15.6. The van der Waals surface area contributed by atoms with E-state index >= 15 is 0 Å². The molecule has 0 saturated heterocycles. The molecule has 0 radical (unpaired) electrons. The molecular formula is C17H16FNO2. The van der Waals surface area contributed by atoms with E-state index in [0.717, 1.165) is 11.3 Å². The molecule has 2 aromatic rings. The zero-order valence-corrected chi connectivity index (χ0v) is 11.8. The van der Waals surface area contributed by atoms with E-state index in [1.54, 1.807) is 19.2 Å². The number of nitriles is 1.